The zero-order valence-electron chi connectivity index (χ0n) is 19.5. The molecule has 0 fully saturated rings. The molecule has 0 heterocycles. The fraction of sp³-hybridized carbons (Fsp3) is 0.267. The van der Waals surface area contributed by atoms with Gasteiger partial charge in [-0.3, -0.25) is 0 Å². The maximum absolute atomic E-state index is 2.56. The smallest absolute Gasteiger partial charge is 0.0436 e. The lowest BCUT2D eigenvalue weighted by Crippen LogP contribution is -2.15. The molecule has 2 atom stereocenters. The molecule has 0 aliphatic heterocycles. The van der Waals surface area contributed by atoms with E-state index in [1.807, 2.05) is 0 Å². The minimum absolute atomic E-state index is 0.423. The van der Waals surface area contributed by atoms with Gasteiger partial charge in [0.2, 0.25) is 0 Å². The zero-order valence-corrected chi connectivity index (χ0v) is 20.3. The van der Waals surface area contributed by atoms with Crippen LogP contribution in [0, 0.1) is 13.8 Å². The van der Waals surface area contributed by atoms with E-state index >= 15 is 0 Å². The van der Waals surface area contributed by atoms with Crippen LogP contribution in [0.5, 0.6) is 0 Å². The number of rotatable bonds is 3. The molecule has 1 heteroatoms. The summed E-state index contributed by atoms with van der Waals surface area (Å²) in [7, 11) is -1.14. The largest absolute Gasteiger partial charge is 0.212 e. The van der Waals surface area contributed by atoms with Crippen molar-refractivity contribution in [2.45, 2.75) is 38.9 Å². The Morgan fingerprint density at radius 2 is 1.39 bits per heavy atom. The fourth-order valence-corrected chi connectivity index (χ4v) is 9.98. The van der Waals surface area contributed by atoms with Gasteiger partial charge in [-0.15, -0.1) is 0 Å². The average molecular weight is 425 g/mol. The third kappa shape index (κ3) is 2.97. The van der Waals surface area contributed by atoms with Crippen LogP contribution in [0.25, 0.3) is 17.2 Å². The van der Waals surface area contributed by atoms with Crippen LogP contribution in [-0.2, 0) is 0 Å². The Labute approximate surface area is 189 Å². The first-order valence-corrected chi connectivity index (χ1v) is 13.7. The molecule has 2 aliphatic carbocycles. The van der Waals surface area contributed by atoms with Crippen LogP contribution in [0.4, 0.5) is 0 Å². The predicted molar refractivity (Wildman–Crippen MR) is 140 cm³/mol. The van der Waals surface area contributed by atoms with Crippen molar-refractivity contribution in [2.75, 3.05) is 12.5 Å². The van der Waals surface area contributed by atoms with Gasteiger partial charge in [0.25, 0.3) is 0 Å². The van der Waals surface area contributed by atoms with Gasteiger partial charge in [0.05, 0.1) is 0 Å². The van der Waals surface area contributed by atoms with Crippen molar-refractivity contribution < 1.29 is 0 Å². The number of hydrogen-bond donors (Lipinski definition) is 0. The summed E-state index contributed by atoms with van der Waals surface area (Å²) in [5, 5.41) is 0.423. The first kappa shape index (κ1) is 20.4. The van der Waals surface area contributed by atoms with E-state index in [0.717, 1.165) is 0 Å². The molecule has 0 bridgehead atoms. The molecule has 31 heavy (non-hydrogen) atoms. The van der Waals surface area contributed by atoms with Gasteiger partial charge in [0, 0.05) is 11.2 Å². The van der Waals surface area contributed by atoms with Gasteiger partial charge in [-0.05, 0) is 94.4 Å². The Kier molecular flexibility index (Phi) is 4.79. The maximum Gasteiger partial charge on any atom is 0.0436 e. The quantitative estimate of drug-likeness (QED) is 0.395. The number of benzene rings is 3. The molecule has 5 rings (SSSR count). The Balaban J connectivity index is 1.74. The maximum atomic E-state index is 2.56. The van der Waals surface area contributed by atoms with Crippen molar-refractivity contribution in [1.82, 2.24) is 0 Å². The number of allylic oxidation sites excluding steroid dienone is 2. The number of hydrogen-bond acceptors (Lipinski definition) is 0. The minimum atomic E-state index is -1.14. The van der Waals surface area contributed by atoms with Gasteiger partial charge in [0.15, 0.2) is 0 Å². The van der Waals surface area contributed by atoms with Crippen molar-refractivity contribution >= 4 is 27.3 Å². The standard InChI is InChI=1S/C30H32S/c1-19-16-17-20(2)28-26(19)18-27(23-12-8-7-9-13-23)30(28)31(5,6)29-21(3)24-14-10-11-15-25(24)22(29)4/h7-18,21,30H,1-6H3. The normalized spacial score (nSPS) is 20.5. The topological polar surface area (TPSA) is 0 Å². The Bertz CT molecular complexity index is 1240. The van der Waals surface area contributed by atoms with Gasteiger partial charge in [-0.2, -0.15) is 0 Å². The Morgan fingerprint density at radius 1 is 0.742 bits per heavy atom. The van der Waals surface area contributed by atoms with Crippen molar-refractivity contribution in [3.8, 4) is 0 Å². The summed E-state index contributed by atoms with van der Waals surface area (Å²) < 4.78 is 0. The van der Waals surface area contributed by atoms with E-state index < -0.39 is 10.0 Å². The van der Waals surface area contributed by atoms with E-state index in [-0.39, 0.29) is 0 Å². The van der Waals surface area contributed by atoms with Gasteiger partial charge in [0.1, 0.15) is 0 Å². The van der Waals surface area contributed by atoms with Crippen LogP contribution in [0.3, 0.4) is 0 Å². The second kappa shape index (κ2) is 7.28. The highest BCUT2D eigenvalue weighted by Gasteiger charge is 2.43. The highest BCUT2D eigenvalue weighted by Crippen LogP contribution is 2.73. The van der Waals surface area contributed by atoms with E-state index in [1.54, 1.807) is 10.5 Å². The third-order valence-electron chi connectivity index (χ3n) is 7.43. The average Bonchev–Trinajstić information content (AvgIpc) is 3.30. The lowest BCUT2D eigenvalue weighted by Gasteiger charge is -2.44. The van der Waals surface area contributed by atoms with E-state index in [9.17, 15) is 0 Å². The molecule has 2 aliphatic rings. The highest BCUT2D eigenvalue weighted by molar-refractivity contribution is 8.36. The second-order valence-electron chi connectivity index (χ2n) is 9.58. The van der Waals surface area contributed by atoms with E-state index in [0.29, 0.717) is 11.2 Å². The molecule has 158 valence electrons. The predicted octanol–water partition coefficient (Wildman–Crippen LogP) is 8.51. The van der Waals surface area contributed by atoms with E-state index in [4.69, 9.17) is 0 Å². The van der Waals surface area contributed by atoms with Gasteiger partial charge in [-0.1, -0.05) is 73.7 Å². The lowest BCUT2D eigenvalue weighted by atomic mass is 9.98. The van der Waals surface area contributed by atoms with Crippen LogP contribution >= 0.6 is 10.0 Å². The summed E-state index contributed by atoms with van der Waals surface area (Å²) in [5.41, 5.74) is 13.1. The SMILES string of the molecule is CC1=C(S(C)(C)C2C(c3ccccc3)=Cc3c(C)ccc(C)c32)C(C)c2ccccc21. The van der Waals surface area contributed by atoms with E-state index in [1.165, 1.54) is 44.5 Å². The van der Waals surface area contributed by atoms with Crippen molar-refractivity contribution in [3.05, 3.63) is 111 Å². The molecule has 0 nitrogen and oxygen atoms in total. The highest BCUT2D eigenvalue weighted by atomic mass is 32.3. The van der Waals surface area contributed by atoms with Crippen LogP contribution in [-0.4, -0.2) is 12.5 Å². The molecular formula is C30H32S. The summed E-state index contributed by atoms with van der Waals surface area (Å²) in [4.78, 5) is 1.68. The molecule has 0 saturated heterocycles. The lowest BCUT2D eigenvalue weighted by molar-refractivity contribution is 0.967. The molecule has 0 N–H and O–H groups in total. The summed E-state index contributed by atoms with van der Waals surface area (Å²) in [6.07, 6.45) is 7.62. The summed E-state index contributed by atoms with van der Waals surface area (Å²) in [6.45, 7) is 9.35. The van der Waals surface area contributed by atoms with Crippen LogP contribution in [0.2, 0.25) is 0 Å². The van der Waals surface area contributed by atoms with Crippen molar-refractivity contribution in [1.29, 1.82) is 0 Å². The molecule has 3 aromatic rings. The van der Waals surface area contributed by atoms with Gasteiger partial charge < -0.3 is 0 Å². The monoisotopic (exact) mass is 424 g/mol. The van der Waals surface area contributed by atoms with Crippen LogP contribution in [0.1, 0.15) is 64.0 Å². The minimum Gasteiger partial charge on any atom is -0.212 e. The summed E-state index contributed by atoms with van der Waals surface area (Å²) in [5.74, 6) is 0.479. The molecule has 0 aromatic heterocycles. The number of fused-ring (bicyclic) bond motifs is 2. The molecule has 0 saturated carbocycles. The fourth-order valence-electron chi connectivity index (χ4n) is 6.05. The van der Waals surface area contributed by atoms with E-state index in [2.05, 4.69) is 113 Å². The molecule has 0 amide bonds. The number of aryl methyl sites for hydroxylation is 2. The summed E-state index contributed by atoms with van der Waals surface area (Å²) in [6, 6.07) is 24.7. The summed E-state index contributed by atoms with van der Waals surface area (Å²) >= 11 is 0. The van der Waals surface area contributed by atoms with Gasteiger partial charge >= 0.3 is 0 Å². The van der Waals surface area contributed by atoms with Crippen molar-refractivity contribution in [2.24, 2.45) is 0 Å². The molecular weight excluding hydrogens is 392 g/mol. The molecule has 3 aromatic carbocycles. The molecule has 2 unspecified atom stereocenters. The molecule has 0 spiro atoms. The first-order chi connectivity index (χ1) is 14.8. The van der Waals surface area contributed by atoms with Crippen LogP contribution < -0.4 is 0 Å². The van der Waals surface area contributed by atoms with Crippen LogP contribution in [0.15, 0.2) is 71.6 Å². The van der Waals surface area contributed by atoms with Crippen molar-refractivity contribution in [3.63, 3.8) is 0 Å². The Morgan fingerprint density at radius 3 is 2.10 bits per heavy atom. The third-order valence-corrected chi connectivity index (χ3v) is 10.9. The zero-order chi connectivity index (χ0) is 21.9. The van der Waals surface area contributed by atoms with Gasteiger partial charge in [-0.25, -0.2) is 10.0 Å². The molecule has 0 radical (unpaired) electrons. The Hall–Kier alpha value is -2.51. The first-order valence-electron chi connectivity index (χ1n) is 11.2. The second-order valence-corrected chi connectivity index (χ2v) is 13.3.